The van der Waals surface area contributed by atoms with Crippen molar-refractivity contribution in [1.29, 1.82) is 0 Å². The van der Waals surface area contributed by atoms with Crippen molar-refractivity contribution in [2.45, 2.75) is 52.1 Å². The van der Waals surface area contributed by atoms with Crippen molar-refractivity contribution in [3.8, 4) is 0 Å². The highest BCUT2D eigenvalue weighted by Gasteiger charge is 2.28. The van der Waals surface area contributed by atoms with E-state index in [0.717, 1.165) is 19.5 Å². The number of nitrogens with zero attached hydrogens (tertiary/aromatic N) is 3. The highest BCUT2D eigenvalue weighted by Crippen LogP contribution is 2.32. The molecule has 1 atom stereocenters. The Balaban J connectivity index is 2.36. The predicted octanol–water partition coefficient (Wildman–Crippen LogP) is 3.79. The number of fused-ring (bicyclic) bond motifs is 1. The second kappa shape index (κ2) is 6.04. The minimum atomic E-state index is -2.63. The van der Waals surface area contributed by atoms with Gasteiger partial charge in [-0.2, -0.15) is 0 Å². The van der Waals surface area contributed by atoms with Crippen molar-refractivity contribution in [1.82, 2.24) is 9.38 Å². The third kappa shape index (κ3) is 3.00. The van der Waals surface area contributed by atoms with E-state index in [4.69, 9.17) is 0 Å². The topological polar surface area (TPSA) is 37.6 Å². The van der Waals surface area contributed by atoms with Gasteiger partial charge in [-0.15, -0.1) is 0 Å². The molecule has 0 N–H and O–H groups in total. The normalized spacial score (nSPS) is 16.4. The fourth-order valence-electron chi connectivity index (χ4n) is 2.97. The van der Waals surface area contributed by atoms with Crippen LogP contribution in [0.3, 0.4) is 0 Å². The molecule has 1 aliphatic heterocycles. The third-order valence-electron chi connectivity index (χ3n) is 4.86. The Hall–Kier alpha value is -2.05. The predicted molar refractivity (Wildman–Crippen MR) is 91.6 cm³/mol. The quantitative estimate of drug-likeness (QED) is 0.839. The molecule has 1 fully saturated rings. The first-order valence-corrected chi connectivity index (χ1v) is 8.40. The first-order chi connectivity index (χ1) is 11.6. The molecule has 3 heterocycles. The Morgan fingerprint density at radius 1 is 1.28 bits per heavy atom. The van der Waals surface area contributed by atoms with Crippen LogP contribution in [0.5, 0.6) is 0 Å². The molecule has 0 aromatic carbocycles. The van der Waals surface area contributed by atoms with Crippen LogP contribution in [0.4, 0.5) is 19.0 Å². The van der Waals surface area contributed by atoms with Crippen LogP contribution < -0.4 is 10.5 Å². The maximum atomic E-state index is 14.5. The summed E-state index contributed by atoms with van der Waals surface area (Å²) in [5, 5.41) is 0. The molecule has 4 nitrogen and oxygen atoms in total. The summed E-state index contributed by atoms with van der Waals surface area (Å²) in [5.74, 6) is -0.623. The molecule has 0 radical (unpaired) electrons. The van der Waals surface area contributed by atoms with Crippen molar-refractivity contribution in [3.05, 3.63) is 39.3 Å². The van der Waals surface area contributed by atoms with Gasteiger partial charge in [0.15, 0.2) is 0 Å². The van der Waals surface area contributed by atoms with Crippen molar-refractivity contribution in [2.75, 3.05) is 18.0 Å². The van der Waals surface area contributed by atoms with Crippen LogP contribution >= 0.6 is 0 Å². The molecule has 1 saturated heterocycles. The minimum absolute atomic E-state index is 0.179. The van der Waals surface area contributed by atoms with Crippen LogP contribution in [0.25, 0.3) is 5.65 Å². The number of anilines is 1. The average molecular weight is 353 g/mol. The molecule has 2 aromatic heterocycles. The number of halogens is 3. The Kier molecular flexibility index (Phi) is 4.29. The van der Waals surface area contributed by atoms with Gasteiger partial charge in [0.2, 0.25) is 6.43 Å². The van der Waals surface area contributed by atoms with Crippen molar-refractivity contribution < 1.29 is 13.2 Å². The van der Waals surface area contributed by atoms with Gasteiger partial charge in [0.25, 0.3) is 5.56 Å². The lowest BCUT2D eigenvalue weighted by Crippen LogP contribution is -2.40. The number of aromatic nitrogens is 2. The summed E-state index contributed by atoms with van der Waals surface area (Å²) in [4.78, 5) is 19.3. The maximum Gasteiger partial charge on any atom is 0.262 e. The van der Waals surface area contributed by atoms with Crippen LogP contribution in [0.1, 0.15) is 49.8 Å². The molecule has 3 rings (SSSR count). The van der Waals surface area contributed by atoms with Crippen molar-refractivity contribution in [2.24, 2.45) is 0 Å². The van der Waals surface area contributed by atoms with Gasteiger partial charge in [-0.3, -0.25) is 9.20 Å². The molecule has 0 aliphatic carbocycles. The van der Waals surface area contributed by atoms with E-state index >= 15 is 0 Å². The fourth-order valence-corrected chi connectivity index (χ4v) is 2.97. The zero-order valence-corrected chi connectivity index (χ0v) is 14.8. The highest BCUT2D eigenvalue weighted by atomic mass is 19.3. The van der Waals surface area contributed by atoms with Gasteiger partial charge in [-0.25, -0.2) is 18.2 Å². The summed E-state index contributed by atoms with van der Waals surface area (Å²) in [5.41, 5.74) is -1.10. The lowest BCUT2D eigenvalue weighted by Gasteiger charge is -2.33. The van der Waals surface area contributed by atoms with Crippen LogP contribution in [0.2, 0.25) is 0 Å². The van der Waals surface area contributed by atoms with Gasteiger partial charge in [-0.1, -0.05) is 6.92 Å². The smallest absolute Gasteiger partial charge is 0.262 e. The van der Waals surface area contributed by atoms with Gasteiger partial charge in [-0.05, 0) is 33.3 Å². The molecular formula is C18H22F3N3O. The van der Waals surface area contributed by atoms with Crippen molar-refractivity contribution >= 4 is 11.5 Å². The highest BCUT2D eigenvalue weighted by molar-refractivity contribution is 5.59. The lowest BCUT2D eigenvalue weighted by atomic mass is 9.95. The number of pyridine rings is 1. The van der Waals surface area contributed by atoms with E-state index in [9.17, 15) is 18.0 Å². The van der Waals surface area contributed by atoms with Crippen LogP contribution in [0.15, 0.2) is 17.1 Å². The largest absolute Gasteiger partial charge is 0.356 e. The summed E-state index contributed by atoms with van der Waals surface area (Å²) < 4.78 is 42.4. The average Bonchev–Trinajstić information content (AvgIpc) is 2.48. The number of alkyl halides is 3. The molecule has 2 aromatic rings. The summed E-state index contributed by atoms with van der Waals surface area (Å²) in [7, 11) is 0. The zero-order chi connectivity index (χ0) is 18.5. The van der Waals surface area contributed by atoms with E-state index in [1.54, 1.807) is 6.92 Å². The van der Waals surface area contributed by atoms with Crippen molar-refractivity contribution in [3.63, 3.8) is 0 Å². The summed E-state index contributed by atoms with van der Waals surface area (Å²) in [6.07, 6.45) is -0.248. The van der Waals surface area contributed by atoms with Gasteiger partial charge >= 0.3 is 0 Å². The minimum Gasteiger partial charge on any atom is -0.356 e. The van der Waals surface area contributed by atoms with E-state index in [1.165, 1.54) is 37.4 Å². The Labute approximate surface area is 144 Å². The Bertz CT molecular complexity index is 866. The molecule has 0 saturated carbocycles. The molecule has 7 heteroatoms. The van der Waals surface area contributed by atoms with E-state index in [1.807, 2.05) is 4.90 Å². The second-order valence-electron chi connectivity index (χ2n) is 7.18. The zero-order valence-electron chi connectivity index (χ0n) is 14.8. The molecule has 0 spiro atoms. The van der Waals surface area contributed by atoms with Gasteiger partial charge < -0.3 is 4.90 Å². The molecule has 25 heavy (non-hydrogen) atoms. The molecule has 136 valence electrons. The first kappa shape index (κ1) is 17.8. The first-order valence-electron chi connectivity index (χ1n) is 8.40. The van der Waals surface area contributed by atoms with E-state index < -0.39 is 18.0 Å². The molecule has 0 bridgehead atoms. The summed E-state index contributed by atoms with van der Waals surface area (Å²) >= 11 is 0. The van der Waals surface area contributed by atoms with Gasteiger partial charge in [0, 0.05) is 36.3 Å². The monoisotopic (exact) mass is 353 g/mol. The number of hydrogen-bond donors (Lipinski definition) is 0. The standard InChI is InChI=1S/C18H22F3N3O/c1-10(14(19)20)13-8-12(18(3,4)21)9-24-16(13)22-15(11(2)17(24)25)23-6-5-7-23/h8-10,14H,5-7H2,1-4H3/t10-/m0/s1. The number of rotatable bonds is 4. The van der Waals surface area contributed by atoms with Gasteiger partial charge in [0.1, 0.15) is 17.1 Å². The van der Waals surface area contributed by atoms with Crippen LogP contribution in [-0.4, -0.2) is 28.9 Å². The molecule has 0 amide bonds. The van der Waals surface area contributed by atoms with Crippen LogP contribution in [-0.2, 0) is 5.67 Å². The third-order valence-corrected chi connectivity index (χ3v) is 4.86. The Morgan fingerprint density at radius 2 is 1.92 bits per heavy atom. The maximum absolute atomic E-state index is 14.5. The van der Waals surface area contributed by atoms with E-state index in [-0.39, 0.29) is 22.3 Å². The second-order valence-corrected chi connectivity index (χ2v) is 7.18. The SMILES string of the molecule is Cc1c(N2CCC2)nc2c([C@H](C)C(F)F)cc(C(C)(C)F)cn2c1=O. The lowest BCUT2D eigenvalue weighted by molar-refractivity contribution is 0.121. The fraction of sp³-hybridized carbons (Fsp3) is 0.556. The Morgan fingerprint density at radius 3 is 2.40 bits per heavy atom. The summed E-state index contributed by atoms with van der Waals surface area (Å²) in [6, 6.07) is 1.41. The van der Waals surface area contributed by atoms with E-state index in [2.05, 4.69) is 4.98 Å². The summed E-state index contributed by atoms with van der Waals surface area (Å²) in [6.45, 7) is 7.29. The van der Waals surface area contributed by atoms with E-state index in [0.29, 0.717) is 11.4 Å². The number of hydrogen-bond acceptors (Lipinski definition) is 3. The molecule has 0 unspecified atom stereocenters. The van der Waals surface area contributed by atoms with Crippen LogP contribution in [0, 0.1) is 6.92 Å². The molecular weight excluding hydrogens is 331 g/mol. The molecule has 1 aliphatic rings. The van der Waals surface area contributed by atoms with Gasteiger partial charge in [0.05, 0.1) is 5.56 Å².